The zero-order chi connectivity index (χ0) is 58.5. The quantitative estimate of drug-likeness (QED) is 0.0117. The molecule has 0 spiro atoms. The second-order valence-corrected chi connectivity index (χ2v) is 20.7. The number of fused-ring (bicyclic) bond motifs is 6. The minimum atomic E-state index is -0.532. The molecule has 82 heavy (non-hydrogen) atoms. The standard InChI is InChI=1S/C70H72N4O8/c1-11-13-15-17-19-21-61(71-81-51(9)75)53-23-27-63-57(41-53)59-43-55(69(77)67-47(5)37-45(3)38-48(67)6)25-29-65(59)73(63)31-33-79-35-36-80-34-32-74-64-28-24-54(62(72-82-52(10)76)22-20-18-16-14-12-2)42-58(64)60-44-56(26-30-66(60)74)70(78)68-49(7)39-46(4)40-50(68)8/h13-16,19,21,23-30,37-44H,11-12,17,22,31-36H2,1-10H3/b15-13?,16-14?,21-19+,71-61?,72-62?. The molecule has 0 aliphatic heterocycles. The van der Waals surface area contributed by atoms with Crippen LogP contribution in [-0.4, -0.2) is 70.5 Å². The van der Waals surface area contributed by atoms with E-state index >= 15 is 0 Å². The third-order valence-corrected chi connectivity index (χ3v) is 14.3. The highest BCUT2D eigenvalue weighted by Gasteiger charge is 2.22. The van der Waals surface area contributed by atoms with Crippen LogP contribution in [-0.2, 0) is 41.8 Å². The highest BCUT2D eigenvalue weighted by molar-refractivity contribution is 6.19. The molecule has 8 rings (SSSR count). The number of ketones is 2. The summed E-state index contributed by atoms with van der Waals surface area (Å²) >= 11 is 0. The molecule has 0 amide bonds. The number of hydrogen-bond acceptors (Lipinski definition) is 10. The second-order valence-electron chi connectivity index (χ2n) is 20.7. The first-order valence-electron chi connectivity index (χ1n) is 28.1. The van der Waals surface area contributed by atoms with Crippen molar-refractivity contribution in [3.8, 4) is 11.8 Å². The molecule has 0 atom stereocenters. The van der Waals surface area contributed by atoms with Crippen LogP contribution in [0.15, 0.2) is 144 Å². The van der Waals surface area contributed by atoms with Gasteiger partial charge < -0.3 is 28.3 Å². The van der Waals surface area contributed by atoms with Crippen LogP contribution in [0, 0.1) is 53.4 Å². The topological polar surface area (TPSA) is 140 Å². The van der Waals surface area contributed by atoms with E-state index in [-0.39, 0.29) is 18.0 Å². The lowest BCUT2D eigenvalue weighted by Crippen LogP contribution is -2.12. The fourth-order valence-corrected chi connectivity index (χ4v) is 10.8. The number of allylic oxidation sites excluding steroid dienone is 6. The summed E-state index contributed by atoms with van der Waals surface area (Å²) in [5, 5.41) is 12.1. The Hall–Kier alpha value is -8.76. The van der Waals surface area contributed by atoms with Gasteiger partial charge in [-0.25, -0.2) is 9.59 Å². The number of nitrogens with zero attached hydrogens (tertiary/aromatic N) is 4. The largest absolute Gasteiger partial charge is 0.377 e. The SMILES string of the molecule is CCC=CC#CCC(=NOC(C)=O)c1ccc2c(c1)c1cc(C(=O)c3c(C)cc(C)cc3C)ccc1n2CCOCCOCCn1c2ccc(C(=O)c3c(C)cc(C)cc3C)cc2c2cc(C(/C=C/CC=CCC)=NOC(C)=O)ccc21. The van der Waals surface area contributed by atoms with Crippen molar-refractivity contribution < 1.29 is 38.3 Å². The van der Waals surface area contributed by atoms with E-state index in [0.29, 0.717) is 79.6 Å². The Morgan fingerprint density at radius 1 is 0.500 bits per heavy atom. The van der Waals surface area contributed by atoms with E-state index in [0.717, 1.165) is 101 Å². The zero-order valence-electron chi connectivity index (χ0n) is 48.8. The number of carbonyl (C=O) groups is 4. The third-order valence-electron chi connectivity index (χ3n) is 14.3. The fourth-order valence-electron chi connectivity index (χ4n) is 10.8. The Labute approximate surface area is 480 Å². The molecule has 0 bridgehead atoms. The lowest BCUT2D eigenvalue weighted by molar-refractivity contribution is -0.141. The van der Waals surface area contributed by atoms with Crippen molar-refractivity contribution in [3.63, 3.8) is 0 Å². The number of benzene rings is 6. The van der Waals surface area contributed by atoms with Crippen molar-refractivity contribution in [2.75, 3.05) is 26.4 Å². The van der Waals surface area contributed by atoms with Crippen LogP contribution in [0.2, 0.25) is 0 Å². The van der Waals surface area contributed by atoms with Crippen LogP contribution < -0.4 is 0 Å². The van der Waals surface area contributed by atoms with Gasteiger partial charge in [-0.2, -0.15) is 0 Å². The number of aromatic nitrogens is 2. The maximum Gasteiger partial charge on any atom is 0.332 e. The summed E-state index contributed by atoms with van der Waals surface area (Å²) in [6, 6.07) is 32.0. The predicted molar refractivity (Wildman–Crippen MR) is 330 cm³/mol. The molecule has 0 N–H and O–H groups in total. The molecule has 2 aromatic heterocycles. The van der Waals surface area contributed by atoms with Crippen molar-refractivity contribution in [1.82, 2.24) is 9.13 Å². The van der Waals surface area contributed by atoms with Gasteiger partial charge in [-0.1, -0.05) is 108 Å². The molecule has 0 unspecified atom stereocenters. The normalized spacial score (nSPS) is 12.2. The van der Waals surface area contributed by atoms with Gasteiger partial charge in [0.05, 0.1) is 38.6 Å². The molecule has 12 nitrogen and oxygen atoms in total. The molecule has 8 aromatic rings. The Morgan fingerprint density at radius 3 is 1.39 bits per heavy atom. The average Bonchev–Trinajstić information content (AvgIpc) is 3.81. The number of ether oxygens (including phenoxy) is 2. The molecule has 0 aliphatic carbocycles. The number of carbonyl (C=O) groups excluding carboxylic acids is 4. The second kappa shape index (κ2) is 27.6. The van der Waals surface area contributed by atoms with Crippen LogP contribution >= 0.6 is 0 Å². The summed E-state index contributed by atoms with van der Waals surface area (Å²) in [4.78, 5) is 62.7. The van der Waals surface area contributed by atoms with Crippen LogP contribution in [0.25, 0.3) is 43.6 Å². The Bertz CT molecular complexity index is 3930. The molecule has 0 radical (unpaired) electrons. The molecule has 420 valence electrons. The predicted octanol–water partition coefficient (Wildman–Crippen LogP) is 14.8. The van der Waals surface area contributed by atoms with Gasteiger partial charge >= 0.3 is 11.9 Å². The molecule has 0 saturated heterocycles. The van der Waals surface area contributed by atoms with Crippen LogP contribution in [0.3, 0.4) is 0 Å². The van der Waals surface area contributed by atoms with E-state index in [4.69, 9.17) is 19.1 Å². The molecule has 0 fully saturated rings. The van der Waals surface area contributed by atoms with Crippen molar-refractivity contribution in [2.45, 2.75) is 108 Å². The fraction of sp³-hybridized carbons (Fsp3) is 0.286. The molecule has 0 aliphatic rings. The van der Waals surface area contributed by atoms with Gasteiger partial charge in [-0.3, -0.25) is 9.59 Å². The number of aryl methyl sites for hydroxylation is 6. The summed E-state index contributed by atoms with van der Waals surface area (Å²) in [7, 11) is 0. The molecular formula is C70H72N4O8. The summed E-state index contributed by atoms with van der Waals surface area (Å²) in [5.74, 6) is 5.04. The van der Waals surface area contributed by atoms with Crippen LogP contribution in [0.1, 0.15) is 130 Å². The van der Waals surface area contributed by atoms with Gasteiger partial charge in [0.25, 0.3) is 0 Å². The lowest BCUT2D eigenvalue weighted by Gasteiger charge is -2.12. The van der Waals surface area contributed by atoms with E-state index in [9.17, 15) is 19.2 Å². The van der Waals surface area contributed by atoms with Crippen LogP contribution in [0.5, 0.6) is 0 Å². The monoisotopic (exact) mass is 1100 g/mol. The average molecular weight is 1100 g/mol. The first-order valence-corrected chi connectivity index (χ1v) is 28.1. The van der Waals surface area contributed by atoms with E-state index < -0.39 is 11.9 Å². The summed E-state index contributed by atoms with van der Waals surface area (Å²) in [6.45, 7) is 21.3. The van der Waals surface area contributed by atoms with Crippen molar-refractivity contribution in [1.29, 1.82) is 0 Å². The third kappa shape index (κ3) is 14.0. The lowest BCUT2D eigenvalue weighted by atomic mass is 9.92. The van der Waals surface area contributed by atoms with Gasteiger partial charge in [0, 0.05) is 104 Å². The number of oxime groups is 2. The number of rotatable bonds is 23. The van der Waals surface area contributed by atoms with Crippen LogP contribution in [0.4, 0.5) is 0 Å². The van der Waals surface area contributed by atoms with E-state index in [2.05, 4.69) is 50.4 Å². The minimum Gasteiger partial charge on any atom is -0.377 e. The molecule has 2 heterocycles. The van der Waals surface area contributed by atoms with Crippen molar-refractivity contribution in [3.05, 3.63) is 200 Å². The van der Waals surface area contributed by atoms with E-state index in [1.54, 1.807) is 6.08 Å². The van der Waals surface area contributed by atoms with Crippen molar-refractivity contribution >= 4 is 78.5 Å². The molecule has 6 aromatic carbocycles. The Balaban J connectivity index is 1.03. The zero-order valence-corrected chi connectivity index (χ0v) is 48.8. The van der Waals surface area contributed by atoms with Crippen molar-refractivity contribution in [2.24, 2.45) is 10.3 Å². The van der Waals surface area contributed by atoms with Gasteiger partial charge in [0.1, 0.15) is 5.71 Å². The first kappa shape index (κ1) is 59.4. The maximum atomic E-state index is 14.3. The minimum absolute atomic E-state index is 0.0383. The molecule has 0 saturated carbocycles. The van der Waals surface area contributed by atoms with Gasteiger partial charge in [-0.15, -0.1) is 0 Å². The smallest absolute Gasteiger partial charge is 0.332 e. The van der Waals surface area contributed by atoms with E-state index in [1.165, 1.54) is 13.8 Å². The van der Waals surface area contributed by atoms with Gasteiger partial charge in [0.2, 0.25) is 0 Å². The van der Waals surface area contributed by atoms with Gasteiger partial charge in [-0.05, 0) is 156 Å². The summed E-state index contributed by atoms with van der Waals surface area (Å²) in [6.07, 6.45) is 14.5. The maximum absolute atomic E-state index is 14.3. The molecular weight excluding hydrogens is 1020 g/mol. The Morgan fingerprint density at radius 2 is 0.927 bits per heavy atom. The summed E-state index contributed by atoms with van der Waals surface area (Å²) in [5.41, 5.74) is 14.8. The highest BCUT2D eigenvalue weighted by Crippen LogP contribution is 2.35. The Kier molecular flexibility index (Phi) is 20.0. The van der Waals surface area contributed by atoms with Gasteiger partial charge in [0.15, 0.2) is 11.6 Å². The highest BCUT2D eigenvalue weighted by atomic mass is 16.7. The molecule has 12 heteroatoms. The van der Waals surface area contributed by atoms with E-state index in [1.807, 2.05) is 164 Å². The first-order chi connectivity index (χ1) is 39.6. The summed E-state index contributed by atoms with van der Waals surface area (Å²) < 4.78 is 16.9. The number of hydrogen-bond donors (Lipinski definition) is 0.